The number of nitrogens with zero attached hydrogens (tertiary/aromatic N) is 2. The van der Waals surface area contributed by atoms with Crippen LogP contribution < -0.4 is 4.74 Å². The van der Waals surface area contributed by atoms with Crippen molar-refractivity contribution in [2.24, 2.45) is 5.41 Å². The van der Waals surface area contributed by atoms with Crippen molar-refractivity contribution in [3.8, 4) is 16.9 Å². The maximum Gasteiger partial charge on any atom is 0.211 e. The molecule has 186 valence electrons. The van der Waals surface area contributed by atoms with Gasteiger partial charge in [0.25, 0.3) is 0 Å². The zero-order valence-electron chi connectivity index (χ0n) is 20.3. The van der Waals surface area contributed by atoms with E-state index in [-0.39, 0.29) is 12.0 Å². The summed E-state index contributed by atoms with van der Waals surface area (Å²) in [5, 5.41) is 14.6. The maximum atomic E-state index is 11.9. The van der Waals surface area contributed by atoms with Gasteiger partial charge >= 0.3 is 0 Å². The van der Waals surface area contributed by atoms with Gasteiger partial charge in [-0.15, -0.1) is 0 Å². The smallest absolute Gasteiger partial charge is 0.211 e. The number of aromatic nitrogens is 2. The highest BCUT2D eigenvalue weighted by atomic mass is 32.2. The summed E-state index contributed by atoms with van der Waals surface area (Å²) in [5.41, 5.74) is 0.960. The maximum absolute atomic E-state index is 11.9. The van der Waals surface area contributed by atoms with E-state index < -0.39 is 21.2 Å². The van der Waals surface area contributed by atoms with Crippen molar-refractivity contribution in [1.29, 1.82) is 0 Å². The van der Waals surface area contributed by atoms with Gasteiger partial charge < -0.3 is 14.6 Å². The number of benzene rings is 2. The van der Waals surface area contributed by atoms with E-state index in [0.717, 1.165) is 36.8 Å². The summed E-state index contributed by atoms with van der Waals surface area (Å²) in [7, 11) is -3.27. The Morgan fingerprint density at radius 1 is 1.09 bits per heavy atom. The van der Waals surface area contributed by atoms with E-state index in [1.807, 2.05) is 53.5 Å². The SMILES string of the molecule is CC(C)(O)COC1(Oc2ccc(-c3cccc(S(C)(=O)=O)c3)cc2)CC2(CC(n3cccn3)C2)C1. The van der Waals surface area contributed by atoms with Crippen LogP contribution in [0.15, 0.2) is 71.9 Å². The minimum Gasteiger partial charge on any atom is -0.462 e. The van der Waals surface area contributed by atoms with Crippen molar-refractivity contribution in [1.82, 2.24) is 9.78 Å². The molecular weight excluding hydrogens is 464 g/mol. The first kappa shape index (κ1) is 24.0. The lowest BCUT2D eigenvalue weighted by Crippen LogP contribution is -2.62. The molecule has 0 amide bonds. The van der Waals surface area contributed by atoms with Crippen LogP contribution in [0.4, 0.5) is 0 Å². The van der Waals surface area contributed by atoms with Gasteiger partial charge in [0.1, 0.15) is 5.75 Å². The molecule has 0 aliphatic heterocycles. The highest BCUT2D eigenvalue weighted by molar-refractivity contribution is 7.90. The third-order valence-electron chi connectivity index (χ3n) is 6.97. The van der Waals surface area contributed by atoms with Gasteiger partial charge in [0, 0.05) is 31.5 Å². The van der Waals surface area contributed by atoms with Gasteiger partial charge in [0.15, 0.2) is 9.84 Å². The van der Waals surface area contributed by atoms with Crippen molar-refractivity contribution >= 4 is 9.84 Å². The average Bonchev–Trinajstić information content (AvgIpc) is 3.27. The number of aliphatic hydroxyl groups is 1. The molecule has 2 fully saturated rings. The van der Waals surface area contributed by atoms with Gasteiger partial charge in [0.2, 0.25) is 5.79 Å². The van der Waals surface area contributed by atoms with Crippen LogP contribution >= 0.6 is 0 Å². The Hall–Kier alpha value is -2.68. The van der Waals surface area contributed by atoms with Crippen molar-refractivity contribution < 1.29 is 23.0 Å². The zero-order chi connectivity index (χ0) is 24.9. The van der Waals surface area contributed by atoms with Crippen molar-refractivity contribution in [2.45, 2.75) is 61.9 Å². The normalized spacial score (nSPS) is 26.2. The number of hydrogen-bond donors (Lipinski definition) is 1. The molecule has 1 spiro atoms. The number of hydrogen-bond acceptors (Lipinski definition) is 6. The number of sulfone groups is 1. The summed E-state index contributed by atoms with van der Waals surface area (Å²) in [4.78, 5) is 0.294. The molecule has 1 heterocycles. The standard InChI is InChI=1S/C27H32N2O5S/c1-25(2,30)19-33-27(17-26(18-27)15-22(16-26)29-13-5-12-28-29)34-23-10-8-20(9-11-23)21-6-4-7-24(14-21)35(3,31)32/h4-14,22,30H,15-19H2,1-3H3. The Bertz CT molecular complexity index is 1280. The van der Waals surface area contributed by atoms with Crippen LogP contribution in [0.1, 0.15) is 45.6 Å². The van der Waals surface area contributed by atoms with Crippen LogP contribution in [0, 0.1) is 5.41 Å². The van der Waals surface area contributed by atoms with Crippen LogP contribution in [0.2, 0.25) is 0 Å². The lowest BCUT2D eigenvalue weighted by Gasteiger charge is -2.62. The minimum absolute atomic E-state index is 0.183. The average molecular weight is 497 g/mol. The Balaban J connectivity index is 1.29. The van der Waals surface area contributed by atoms with Gasteiger partial charge in [-0.3, -0.25) is 4.68 Å². The van der Waals surface area contributed by atoms with E-state index in [1.165, 1.54) is 6.26 Å². The van der Waals surface area contributed by atoms with Gasteiger partial charge in [-0.05, 0) is 73.6 Å². The van der Waals surface area contributed by atoms with Crippen molar-refractivity contribution in [3.05, 3.63) is 67.0 Å². The van der Waals surface area contributed by atoms with Gasteiger partial charge in [-0.1, -0.05) is 24.3 Å². The van der Waals surface area contributed by atoms with E-state index >= 15 is 0 Å². The molecule has 2 aromatic carbocycles. The Labute approximate surface area is 206 Å². The van der Waals surface area contributed by atoms with Crippen molar-refractivity contribution in [3.63, 3.8) is 0 Å². The molecule has 3 aromatic rings. The minimum atomic E-state index is -3.27. The van der Waals surface area contributed by atoms with E-state index in [1.54, 1.807) is 32.0 Å². The van der Waals surface area contributed by atoms with E-state index in [4.69, 9.17) is 9.47 Å². The Morgan fingerprint density at radius 3 is 2.40 bits per heavy atom. The first-order chi connectivity index (χ1) is 16.4. The van der Waals surface area contributed by atoms with Crippen LogP contribution in [0.3, 0.4) is 0 Å². The highest BCUT2D eigenvalue weighted by Gasteiger charge is 2.63. The molecule has 7 nitrogen and oxygen atoms in total. The largest absolute Gasteiger partial charge is 0.462 e. The summed E-state index contributed by atoms with van der Waals surface area (Å²) in [6, 6.07) is 16.9. The van der Waals surface area contributed by atoms with Gasteiger partial charge in [0.05, 0.1) is 23.1 Å². The lowest BCUT2D eigenvalue weighted by atomic mass is 9.51. The summed E-state index contributed by atoms with van der Waals surface area (Å²) >= 11 is 0. The molecule has 35 heavy (non-hydrogen) atoms. The summed E-state index contributed by atoms with van der Waals surface area (Å²) in [6.45, 7) is 3.64. The molecule has 0 unspecified atom stereocenters. The second-order valence-corrected chi connectivity index (χ2v) is 12.9. The third kappa shape index (κ3) is 5.15. The third-order valence-corrected chi connectivity index (χ3v) is 8.08. The number of ether oxygens (including phenoxy) is 2. The molecule has 0 bridgehead atoms. The van der Waals surface area contributed by atoms with Crippen LogP contribution in [-0.4, -0.2) is 47.6 Å². The molecule has 5 rings (SSSR count). The number of rotatable bonds is 8. The monoisotopic (exact) mass is 496 g/mol. The first-order valence-corrected chi connectivity index (χ1v) is 13.8. The summed E-state index contributed by atoms with van der Waals surface area (Å²) < 4.78 is 38.5. The van der Waals surface area contributed by atoms with Crippen LogP contribution in [0.25, 0.3) is 11.1 Å². The summed E-state index contributed by atoms with van der Waals surface area (Å²) in [5.74, 6) is -0.0890. The lowest BCUT2D eigenvalue weighted by molar-refractivity contribution is -0.310. The molecule has 1 aromatic heterocycles. The fourth-order valence-corrected chi connectivity index (χ4v) is 6.02. The first-order valence-electron chi connectivity index (χ1n) is 11.9. The van der Waals surface area contributed by atoms with E-state index in [0.29, 0.717) is 16.7 Å². The highest BCUT2D eigenvalue weighted by Crippen LogP contribution is 2.65. The zero-order valence-corrected chi connectivity index (χ0v) is 21.2. The van der Waals surface area contributed by atoms with Gasteiger partial charge in [-0.25, -0.2) is 8.42 Å². The van der Waals surface area contributed by atoms with Crippen molar-refractivity contribution in [2.75, 3.05) is 12.9 Å². The van der Waals surface area contributed by atoms with Gasteiger partial charge in [-0.2, -0.15) is 5.10 Å². The predicted octanol–water partition coefficient (Wildman–Crippen LogP) is 4.63. The fourth-order valence-electron chi connectivity index (χ4n) is 5.35. The second kappa shape index (κ2) is 8.47. The molecule has 8 heteroatoms. The molecule has 1 N–H and O–H groups in total. The fraction of sp³-hybridized carbons (Fsp3) is 0.444. The molecule has 0 saturated heterocycles. The van der Waals surface area contributed by atoms with E-state index in [9.17, 15) is 13.5 Å². The Kier molecular flexibility index (Phi) is 5.81. The summed E-state index contributed by atoms with van der Waals surface area (Å²) in [6.07, 6.45) is 8.66. The predicted molar refractivity (Wildman–Crippen MR) is 133 cm³/mol. The van der Waals surface area contributed by atoms with Crippen LogP contribution in [0.5, 0.6) is 5.75 Å². The quantitative estimate of drug-likeness (QED) is 0.457. The molecule has 2 aliphatic rings. The Morgan fingerprint density at radius 2 is 1.80 bits per heavy atom. The molecule has 2 aliphatic carbocycles. The van der Waals surface area contributed by atoms with Crippen LogP contribution in [-0.2, 0) is 14.6 Å². The topological polar surface area (TPSA) is 90.6 Å². The molecule has 2 saturated carbocycles. The molecular formula is C27H32N2O5S. The van der Waals surface area contributed by atoms with E-state index in [2.05, 4.69) is 5.10 Å². The molecule has 0 atom stereocenters. The molecule has 0 radical (unpaired) electrons. The second-order valence-electron chi connectivity index (χ2n) is 10.8.